The first-order valence-electron chi connectivity index (χ1n) is 6.34. The highest BCUT2D eigenvalue weighted by molar-refractivity contribution is 8.76. The van der Waals surface area contributed by atoms with Gasteiger partial charge in [0.2, 0.25) is 5.70 Å². The number of nitro groups is 1. The highest BCUT2D eigenvalue weighted by atomic mass is 33.1. The molecule has 1 aliphatic carbocycles. The van der Waals surface area contributed by atoms with Crippen LogP contribution >= 0.6 is 21.6 Å². The fourth-order valence-corrected chi connectivity index (χ4v) is 3.19. The topological polar surface area (TPSA) is 116 Å². The first kappa shape index (κ1) is 18.4. The Balaban J connectivity index is 2.12. The molecule has 0 unspecified atom stereocenters. The lowest BCUT2D eigenvalue weighted by molar-refractivity contribution is -0.428. The minimum atomic E-state index is -0.847. The second kappa shape index (κ2) is 10.1. The summed E-state index contributed by atoms with van der Waals surface area (Å²) in [6.45, 7) is 0.146. The molecule has 10 heteroatoms. The monoisotopic (exact) mass is 349 g/mol. The SMILES string of the molecule is O=C(O)CCSSCCOC(=O)OC1=CC=C([N+](=O)[O-])CC1. The van der Waals surface area contributed by atoms with E-state index in [4.69, 9.17) is 14.6 Å². The van der Waals surface area contributed by atoms with Crippen LogP contribution in [0, 0.1) is 10.1 Å². The third-order valence-electron chi connectivity index (χ3n) is 2.41. The van der Waals surface area contributed by atoms with Crippen LogP contribution in [0.4, 0.5) is 4.79 Å². The molecule has 0 heterocycles. The molecule has 0 aromatic heterocycles. The Hall–Kier alpha value is -1.68. The second-order valence-corrected chi connectivity index (χ2v) is 6.74. The summed E-state index contributed by atoms with van der Waals surface area (Å²) in [5.41, 5.74) is 0.0792. The van der Waals surface area contributed by atoms with Crippen molar-refractivity contribution in [2.24, 2.45) is 0 Å². The fourth-order valence-electron chi connectivity index (χ4n) is 1.39. The maximum atomic E-state index is 11.4. The Morgan fingerprint density at radius 3 is 2.59 bits per heavy atom. The molecule has 0 saturated heterocycles. The Labute approximate surface area is 134 Å². The Bertz CT molecular complexity index is 490. The highest BCUT2D eigenvalue weighted by Gasteiger charge is 2.18. The molecule has 8 nitrogen and oxygen atoms in total. The van der Waals surface area contributed by atoms with Crippen LogP contribution < -0.4 is 0 Å². The molecular weight excluding hydrogens is 334 g/mol. The van der Waals surface area contributed by atoms with Crippen LogP contribution in [0.5, 0.6) is 0 Å². The number of ether oxygens (including phenoxy) is 2. The molecule has 1 aliphatic rings. The lowest BCUT2D eigenvalue weighted by atomic mass is 10.1. The molecule has 0 radical (unpaired) electrons. The summed E-state index contributed by atoms with van der Waals surface area (Å²) >= 11 is 0. The van der Waals surface area contributed by atoms with Crippen LogP contribution in [0.15, 0.2) is 23.6 Å². The fraction of sp³-hybridized carbons (Fsp3) is 0.500. The number of carbonyl (C=O) groups excluding carboxylic acids is 1. The van der Waals surface area contributed by atoms with Crippen LogP contribution in [0.3, 0.4) is 0 Å². The summed E-state index contributed by atoms with van der Waals surface area (Å²) in [4.78, 5) is 31.7. The minimum absolute atomic E-state index is 0.0792. The number of allylic oxidation sites excluding steroid dienone is 4. The van der Waals surface area contributed by atoms with Gasteiger partial charge < -0.3 is 14.6 Å². The largest absolute Gasteiger partial charge is 0.513 e. The van der Waals surface area contributed by atoms with Crippen molar-refractivity contribution in [3.05, 3.63) is 33.7 Å². The van der Waals surface area contributed by atoms with Crippen LogP contribution in [-0.4, -0.2) is 40.3 Å². The van der Waals surface area contributed by atoms with E-state index < -0.39 is 17.0 Å². The van der Waals surface area contributed by atoms with Crippen molar-refractivity contribution >= 4 is 33.7 Å². The summed E-state index contributed by atoms with van der Waals surface area (Å²) in [7, 11) is 2.80. The van der Waals surface area contributed by atoms with Crippen LogP contribution in [0.2, 0.25) is 0 Å². The molecule has 0 bridgehead atoms. The summed E-state index contributed by atoms with van der Waals surface area (Å²) in [5, 5.41) is 18.9. The molecule has 0 aliphatic heterocycles. The molecule has 0 aromatic carbocycles. The van der Waals surface area contributed by atoms with Crippen LogP contribution in [0.1, 0.15) is 19.3 Å². The van der Waals surface area contributed by atoms with Crippen molar-refractivity contribution in [2.45, 2.75) is 19.3 Å². The quantitative estimate of drug-likeness (QED) is 0.220. The molecule has 0 saturated carbocycles. The molecule has 0 amide bonds. The van der Waals surface area contributed by atoms with E-state index in [1.165, 1.54) is 33.7 Å². The van der Waals surface area contributed by atoms with Crippen molar-refractivity contribution in [2.75, 3.05) is 18.1 Å². The van der Waals surface area contributed by atoms with Crippen molar-refractivity contribution in [1.82, 2.24) is 0 Å². The van der Waals surface area contributed by atoms with Gasteiger partial charge in [-0.3, -0.25) is 14.9 Å². The number of hydrogen-bond donors (Lipinski definition) is 1. The number of carboxylic acids is 1. The van der Waals surface area contributed by atoms with Gasteiger partial charge in [-0.15, -0.1) is 0 Å². The molecule has 22 heavy (non-hydrogen) atoms. The average Bonchev–Trinajstić information content (AvgIpc) is 2.46. The second-order valence-electron chi connectivity index (χ2n) is 4.04. The summed E-state index contributed by atoms with van der Waals surface area (Å²) in [6, 6.07) is 0. The third kappa shape index (κ3) is 7.93. The number of rotatable bonds is 9. The molecule has 1 rings (SSSR count). The average molecular weight is 349 g/mol. The van der Waals surface area contributed by atoms with E-state index in [9.17, 15) is 19.7 Å². The molecule has 0 aromatic rings. The van der Waals surface area contributed by atoms with E-state index in [0.29, 0.717) is 17.3 Å². The van der Waals surface area contributed by atoms with Gasteiger partial charge in [0, 0.05) is 30.4 Å². The number of carboxylic acid groups (broad SMARTS) is 1. The molecule has 0 spiro atoms. The van der Waals surface area contributed by atoms with Gasteiger partial charge in [0.05, 0.1) is 11.3 Å². The minimum Gasteiger partial charge on any atom is -0.481 e. The maximum absolute atomic E-state index is 11.4. The smallest absolute Gasteiger partial charge is 0.481 e. The number of aliphatic carboxylic acids is 1. The van der Waals surface area contributed by atoms with Crippen molar-refractivity contribution < 1.29 is 29.1 Å². The van der Waals surface area contributed by atoms with Gasteiger partial charge in [-0.05, 0) is 6.08 Å². The van der Waals surface area contributed by atoms with E-state index in [2.05, 4.69) is 0 Å². The van der Waals surface area contributed by atoms with Gasteiger partial charge in [-0.2, -0.15) is 0 Å². The van der Waals surface area contributed by atoms with Crippen LogP contribution in [0.25, 0.3) is 0 Å². The third-order valence-corrected chi connectivity index (χ3v) is 4.78. The van der Waals surface area contributed by atoms with Gasteiger partial charge in [0.25, 0.3) is 0 Å². The van der Waals surface area contributed by atoms with Gasteiger partial charge in [-0.1, -0.05) is 21.6 Å². The Morgan fingerprint density at radius 2 is 2.00 bits per heavy atom. The predicted octanol–water partition coefficient (Wildman–Crippen LogP) is 2.83. The Kier molecular flexibility index (Phi) is 8.44. The predicted molar refractivity (Wildman–Crippen MR) is 82.0 cm³/mol. The standard InChI is InChI=1S/C12H15NO7S2/c14-11(15)5-7-21-22-8-6-19-12(16)20-10-3-1-9(2-4-10)13(17)18/h1,3H,2,4-8H2,(H,14,15). The normalized spacial score (nSPS) is 13.8. The van der Waals surface area contributed by atoms with Gasteiger partial charge in [0.15, 0.2) is 0 Å². The van der Waals surface area contributed by atoms with Gasteiger partial charge in [0.1, 0.15) is 12.4 Å². The van der Waals surface area contributed by atoms with E-state index in [1.807, 2.05) is 0 Å². The van der Waals surface area contributed by atoms with Gasteiger partial charge in [-0.25, -0.2) is 4.79 Å². The van der Waals surface area contributed by atoms with E-state index >= 15 is 0 Å². The molecule has 0 atom stereocenters. The molecule has 0 fully saturated rings. The van der Waals surface area contributed by atoms with Crippen molar-refractivity contribution in [1.29, 1.82) is 0 Å². The van der Waals surface area contributed by atoms with E-state index in [1.54, 1.807) is 0 Å². The molecule has 1 N–H and O–H groups in total. The summed E-state index contributed by atoms with van der Waals surface area (Å²) in [5.74, 6) is 0.494. The molecular formula is C12H15NO7S2. The first-order valence-corrected chi connectivity index (χ1v) is 8.83. The lowest BCUT2D eigenvalue weighted by Crippen LogP contribution is -2.11. The lowest BCUT2D eigenvalue weighted by Gasteiger charge is -2.10. The number of hydrogen-bond acceptors (Lipinski definition) is 8. The number of carbonyl (C=O) groups is 2. The first-order chi connectivity index (χ1) is 10.5. The van der Waals surface area contributed by atoms with E-state index in [0.717, 1.165) is 0 Å². The number of nitrogens with zero attached hydrogens (tertiary/aromatic N) is 1. The van der Waals surface area contributed by atoms with Crippen molar-refractivity contribution in [3.8, 4) is 0 Å². The zero-order chi connectivity index (χ0) is 16.4. The van der Waals surface area contributed by atoms with E-state index in [-0.39, 0.29) is 31.6 Å². The van der Waals surface area contributed by atoms with Crippen molar-refractivity contribution in [3.63, 3.8) is 0 Å². The van der Waals surface area contributed by atoms with Gasteiger partial charge >= 0.3 is 12.1 Å². The highest BCUT2D eigenvalue weighted by Crippen LogP contribution is 2.22. The van der Waals surface area contributed by atoms with Crippen LogP contribution in [-0.2, 0) is 14.3 Å². The molecule has 122 valence electrons. The zero-order valence-corrected chi connectivity index (χ0v) is 13.2. The Morgan fingerprint density at radius 1 is 1.27 bits per heavy atom. The maximum Gasteiger partial charge on any atom is 0.513 e. The summed E-state index contributed by atoms with van der Waals surface area (Å²) < 4.78 is 9.76. The summed E-state index contributed by atoms with van der Waals surface area (Å²) in [6.07, 6.45) is 2.43. The zero-order valence-electron chi connectivity index (χ0n) is 11.6.